The summed E-state index contributed by atoms with van der Waals surface area (Å²) < 4.78 is 11.6. The number of hydrogen-bond acceptors (Lipinski definition) is 2. The smallest absolute Gasteiger partial charge is 0.157 e. The first-order valence-corrected chi connectivity index (χ1v) is 14.0. The third-order valence-corrected chi connectivity index (χ3v) is 12.4. The molecule has 3 heteroatoms. The van der Waals surface area contributed by atoms with Gasteiger partial charge in [-0.05, 0) is 74.1 Å². The first-order valence-electron chi connectivity index (χ1n) is 11.7. The van der Waals surface area contributed by atoms with Gasteiger partial charge in [-0.25, -0.2) is 0 Å². The van der Waals surface area contributed by atoms with Crippen LogP contribution >= 0.6 is 7.26 Å². The monoisotopic (exact) mass is 425 g/mol. The minimum Gasteiger partial charge on any atom is -0.353 e. The van der Waals surface area contributed by atoms with Crippen molar-refractivity contribution < 1.29 is 9.47 Å². The first kappa shape index (κ1) is 22.0. The number of ether oxygens (including phenoxy) is 2. The predicted octanol–water partition coefficient (Wildman–Crippen LogP) is 6.02. The van der Waals surface area contributed by atoms with E-state index in [1.807, 2.05) is 0 Å². The van der Waals surface area contributed by atoms with E-state index in [0.717, 1.165) is 37.6 Å². The zero-order valence-electron chi connectivity index (χ0n) is 18.9. The second kappa shape index (κ2) is 9.51. The molecule has 30 heavy (non-hydrogen) atoms. The number of hydrogen-bond donors (Lipinski definition) is 0. The van der Waals surface area contributed by atoms with Crippen LogP contribution in [0.4, 0.5) is 0 Å². The van der Waals surface area contributed by atoms with Crippen LogP contribution in [0.3, 0.4) is 0 Å². The Kier molecular flexibility index (Phi) is 6.98. The van der Waals surface area contributed by atoms with Gasteiger partial charge in [-0.2, -0.15) is 0 Å². The van der Waals surface area contributed by atoms with Crippen molar-refractivity contribution in [3.8, 4) is 0 Å². The molecule has 0 radical (unpaired) electrons. The molecule has 0 aromatic heterocycles. The Bertz CT molecular complexity index is 744. The lowest BCUT2D eigenvalue weighted by Gasteiger charge is -2.35. The predicted molar refractivity (Wildman–Crippen MR) is 129 cm³/mol. The molecule has 0 bridgehead atoms. The normalized spacial score (nSPS) is 23.6. The maximum atomic E-state index is 5.81. The van der Waals surface area contributed by atoms with Crippen molar-refractivity contribution in [2.75, 3.05) is 19.9 Å². The Hall–Kier alpha value is -1.21. The topological polar surface area (TPSA) is 18.5 Å². The molecule has 2 nitrogen and oxygen atoms in total. The summed E-state index contributed by atoms with van der Waals surface area (Å²) in [6.45, 7) is 9.25. The zero-order valence-corrected chi connectivity index (χ0v) is 19.8. The minimum absolute atomic E-state index is 0.0154. The Morgan fingerprint density at radius 2 is 1.43 bits per heavy atom. The fourth-order valence-corrected chi connectivity index (χ4v) is 9.65. The van der Waals surface area contributed by atoms with Gasteiger partial charge in [0.1, 0.15) is 0 Å². The van der Waals surface area contributed by atoms with Crippen molar-refractivity contribution in [1.29, 1.82) is 0 Å². The Morgan fingerprint density at radius 3 is 2.00 bits per heavy atom. The van der Waals surface area contributed by atoms with Crippen molar-refractivity contribution in [3.63, 3.8) is 0 Å². The molecule has 2 aliphatic rings. The highest BCUT2D eigenvalue weighted by molar-refractivity contribution is 7.89. The van der Waals surface area contributed by atoms with Gasteiger partial charge in [0, 0.05) is 0 Å². The largest absolute Gasteiger partial charge is 0.353 e. The van der Waals surface area contributed by atoms with Crippen LogP contribution in [0, 0.1) is 11.3 Å². The molecule has 2 aromatic carbocycles. The van der Waals surface area contributed by atoms with E-state index in [1.54, 1.807) is 10.6 Å². The van der Waals surface area contributed by atoms with Gasteiger partial charge in [-0.15, -0.1) is 0 Å². The Labute approximate surface area is 183 Å². The number of benzene rings is 2. The lowest BCUT2D eigenvalue weighted by Crippen LogP contribution is -2.31. The first-order chi connectivity index (χ1) is 14.5. The molecule has 0 N–H and O–H groups in total. The molecule has 1 saturated carbocycles. The molecule has 1 aliphatic heterocycles. The standard InChI is InChI=1S/C27H38O2P/c1-27(2,18-17-26-28-19-10-20-29-26)22-15-16-25(21-22)30(3,23-11-6-4-7-12-23)24-13-8-5-9-14-24/h4-9,11-14,22,25-26H,10,15-21H2,1-3H3/q+1. The molecule has 162 valence electrons. The van der Waals surface area contributed by atoms with Crippen LogP contribution in [0.2, 0.25) is 0 Å². The lowest BCUT2D eigenvalue weighted by molar-refractivity contribution is -0.184. The van der Waals surface area contributed by atoms with E-state index in [1.165, 1.54) is 25.7 Å². The zero-order chi connectivity index (χ0) is 21.0. The van der Waals surface area contributed by atoms with Crippen LogP contribution < -0.4 is 10.6 Å². The maximum absolute atomic E-state index is 5.81. The molecule has 2 atom stereocenters. The molecule has 1 saturated heterocycles. The summed E-state index contributed by atoms with van der Waals surface area (Å²) in [6.07, 6.45) is 7.29. The summed E-state index contributed by atoms with van der Waals surface area (Å²) in [5.41, 5.74) is 1.10. The highest BCUT2D eigenvalue weighted by atomic mass is 31.2. The van der Waals surface area contributed by atoms with Crippen molar-refractivity contribution in [1.82, 2.24) is 0 Å². The van der Waals surface area contributed by atoms with E-state index in [4.69, 9.17) is 9.47 Å². The van der Waals surface area contributed by atoms with Gasteiger partial charge in [0.25, 0.3) is 0 Å². The minimum atomic E-state index is -1.42. The summed E-state index contributed by atoms with van der Waals surface area (Å²) in [4.78, 5) is 0. The van der Waals surface area contributed by atoms with Crippen molar-refractivity contribution in [2.24, 2.45) is 11.3 Å². The second-order valence-electron chi connectivity index (χ2n) is 9.96. The molecule has 2 unspecified atom stereocenters. The summed E-state index contributed by atoms with van der Waals surface area (Å²) >= 11 is 0. The summed E-state index contributed by atoms with van der Waals surface area (Å²) in [5, 5.41) is 3.12. The van der Waals surface area contributed by atoms with Gasteiger partial charge < -0.3 is 9.47 Å². The lowest BCUT2D eigenvalue weighted by atomic mass is 9.74. The van der Waals surface area contributed by atoms with Crippen molar-refractivity contribution >= 4 is 17.9 Å². The Balaban J connectivity index is 1.50. The van der Waals surface area contributed by atoms with Crippen LogP contribution in [0.1, 0.15) is 52.4 Å². The van der Waals surface area contributed by atoms with Crippen LogP contribution in [-0.2, 0) is 9.47 Å². The van der Waals surface area contributed by atoms with Gasteiger partial charge >= 0.3 is 0 Å². The molecule has 0 spiro atoms. The molecule has 1 aliphatic carbocycles. The third kappa shape index (κ3) is 4.67. The molecule has 2 aromatic rings. The number of rotatable bonds is 7. The van der Waals surface area contributed by atoms with Gasteiger partial charge in [-0.3, -0.25) is 0 Å². The third-order valence-electron chi connectivity index (χ3n) is 7.75. The molecule has 4 rings (SSSR count). The SMILES string of the molecule is CC(C)(CCC1OCCCO1)C1CCC([P+](C)(c2ccccc2)c2ccccc2)C1. The van der Waals surface area contributed by atoms with Crippen molar-refractivity contribution in [3.05, 3.63) is 60.7 Å². The highest BCUT2D eigenvalue weighted by Crippen LogP contribution is 2.64. The average Bonchev–Trinajstić information content (AvgIpc) is 3.31. The van der Waals surface area contributed by atoms with Crippen molar-refractivity contribution in [2.45, 2.75) is 64.3 Å². The molecular formula is C27H38O2P+. The summed E-state index contributed by atoms with van der Waals surface area (Å²) in [6, 6.07) is 22.7. The van der Waals surface area contributed by atoms with E-state index in [9.17, 15) is 0 Å². The second-order valence-corrected chi connectivity index (χ2v) is 13.9. The van der Waals surface area contributed by atoms with Crippen LogP contribution in [0.15, 0.2) is 60.7 Å². The summed E-state index contributed by atoms with van der Waals surface area (Å²) in [5.74, 6) is 0.776. The molecule has 0 amide bonds. The van der Waals surface area contributed by atoms with E-state index >= 15 is 0 Å². The Morgan fingerprint density at radius 1 is 0.867 bits per heavy atom. The summed E-state index contributed by atoms with van der Waals surface area (Å²) in [7, 11) is -1.42. The van der Waals surface area contributed by atoms with Crippen LogP contribution in [0.25, 0.3) is 0 Å². The van der Waals surface area contributed by atoms with Gasteiger partial charge in [-0.1, -0.05) is 50.2 Å². The average molecular weight is 426 g/mol. The van der Waals surface area contributed by atoms with Gasteiger partial charge in [0.05, 0.1) is 43.4 Å². The quantitative estimate of drug-likeness (QED) is 0.505. The van der Waals surface area contributed by atoms with E-state index in [-0.39, 0.29) is 6.29 Å². The molecule has 2 fully saturated rings. The van der Waals surface area contributed by atoms with Crippen LogP contribution in [0.5, 0.6) is 0 Å². The van der Waals surface area contributed by atoms with E-state index in [2.05, 4.69) is 81.2 Å². The van der Waals surface area contributed by atoms with E-state index in [0.29, 0.717) is 5.41 Å². The van der Waals surface area contributed by atoms with Gasteiger partial charge in [0.2, 0.25) is 0 Å². The van der Waals surface area contributed by atoms with Gasteiger partial charge in [0.15, 0.2) is 6.29 Å². The fraction of sp³-hybridized carbons (Fsp3) is 0.556. The molecule has 1 heterocycles. The fourth-order valence-electron chi connectivity index (χ4n) is 5.58. The molecular weight excluding hydrogens is 387 g/mol. The maximum Gasteiger partial charge on any atom is 0.157 e. The van der Waals surface area contributed by atoms with E-state index < -0.39 is 7.26 Å². The van der Waals surface area contributed by atoms with Crippen LogP contribution in [-0.4, -0.2) is 31.8 Å². The highest BCUT2D eigenvalue weighted by Gasteiger charge is 2.51.